The summed E-state index contributed by atoms with van der Waals surface area (Å²) in [5.41, 5.74) is 2.46. The van der Waals surface area contributed by atoms with Crippen molar-refractivity contribution in [3.05, 3.63) is 74.7 Å². The van der Waals surface area contributed by atoms with Crippen LogP contribution >= 0.6 is 22.9 Å². The summed E-state index contributed by atoms with van der Waals surface area (Å²) in [7, 11) is 0. The van der Waals surface area contributed by atoms with Gasteiger partial charge in [-0.05, 0) is 12.1 Å². The van der Waals surface area contributed by atoms with Crippen LogP contribution in [0.3, 0.4) is 0 Å². The number of aromatic amines is 1. The van der Waals surface area contributed by atoms with Gasteiger partial charge in [0.15, 0.2) is 5.13 Å². The van der Waals surface area contributed by atoms with E-state index in [1.54, 1.807) is 0 Å². The monoisotopic (exact) mass is 398 g/mol. The first-order valence-electron chi connectivity index (χ1n) is 7.80. The van der Waals surface area contributed by atoms with Gasteiger partial charge in [0.25, 0.3) is 11.6 Å². The minimum atomic E-state index is -0.578. The molecule has 0 atom stereocenters. The maximum Gasteiger partial charge on any atom is 0.270 e. The summed E-state index contributed by atoms with van der Waals surface area (Å²) in [6, 6.07) is 11.6. The lowest BCUT2D eigenvalue weighted by Crippen LogP contribution is -2.12. The van der Waals surface area contributed by atoms with Crippen LogP contribution in [0.15, 0.2) is 54.0 Å². The molecule has 0 aliphatic heterocycles. The largest absolute Gasteiger partial charge is 0.360 e. The van der Waals surface area contributed by atoms with E-state index in [1.165, 1.54) is 23.5 Å². The van der Waals surface area contributed by atoms with Gasteiger partial charge in [0, 0.05) is 40.2 Å². The number of hydrogen-bond acceptors (Lipinski definition) is 5. The summed E-state index contributed by atoms with van der Waals surface area (Å²) in [6.07, 6.45) is 1.86. The van der Waals surface area contributed by atoms with Gasteiger partial charge in [-0.2, -0.15) is 0 Å². The summed E-state index contributed by atoms with van der Waals surface area (Å²) in [6.45, 7) is 0. The summed E-state index contributed by atoms with van der Waals surface area (Å²) < 4.78 is 0. The van der Waals surface area contributed by atoms with E-state index in [9.17, 15) is 14.9 Å². The molecule has 9 heteroatoms. The third-order valence-electron chi connectivity index (χ3n) is 4.00. The summed E-state index contributed by atoms with van der Waals surface area (Å²) in [5, 5.41) is 16.9. The van der Waals surface area contributed by atoms with Crippen molar-refractivity contribution in [2.24, 2.45) is 0 Å². The zero-order chi connectivity index (χ0) is 19.0. The Bertz CT molecular complexity index is 1180. The molecule has 7 nitrogen and oxygen atoms in total. The van der Waals surface area contributed by atoms with Crippen LogP contribution in [0.1, 0.15) is 10.4 Å². The van der Waals surface area contributed by atoms with Crippen molar-refractivity contribution in [1.82, 2.24) is 9.97 Å². The van der Waals surface area contributed by atoms with Crippen LogP contribution in [-0.4, -0.2) is 20.8 Å². The molecule has 0 unspecified atom stereocenters. The molecule has 0 aliphatic carbocycles. The Balaban J connectivity index is 1.61. The number of halogens is 1. The van der Waals surface area contributed by atoms with Crippen LogP contribution in [0.2, 0.25) is 5.02 Å². The molecule has 0 bridgehead atoms. The van der Waals surface area contributed by atoms with Crippen molar-refractivity contribution >= 4 is 50.6 Å². The van der Waals surface area contributed by atoms with Crippen molar-refractivity contribution in [3.8, 4) is 11.3 Å². The number of aromatic nitrogens is 2. The second-order valence-electron chi connectivity index (χ2n) is 5.66. The molecule has 27 heavy (non-hydrogen) atoms. The van der Waals surface area contributed by atoms with Crippen molar-refractivity contribution < 1.29 is 9.72 Å². The van der Waals surface area contributed by atoms with E-state index in [2.05, 4.69) is 15.3 Å². The van der Waals surface area contributed by atoms with Gasteiger partial charge in [0.05, 0.1) is 21.2 Å². The van der Waals surface area contributed by atoms with E-state index in [0.29, 0.717) is 5.13 Å². The van der Waals surface area contributed by atoms with E-state index >= 15 is 0 Å². The third kappa shape index (κ3) is 3.27. The molecule has 4 aromatic rings. The number of nitrogens with one attached hydrogen (secondary N) is 2. The number of non-ortho nitro benzene ring substituents is 1. The Morgan fingerprint density at radius 3 is 2.89 bits per heavy atom. The number of carbonyl (C=O) groups is 1. The molecule has 2 aromatic heterocycles. The molecular weight excluding hydrogens is 388 g/mol. The lowest BCUT2D eigenvalue weighted by atomic mass is 10.1. The molecule has 0 aliphatic rings. The highest BCUT2D eigenvalue weighted by Crippen LogP contribution is 2.31. The number of para-hydroxylation sites is 1. The van der Waals surface area contributed by atoms with Crippen LogP contribution in [0.4, 0.5) is 10.8 Å². The fourth-order valence-corrected chi connectivity index (χ4v) is 3.61. The second kappa shape index (κ2) is 6.82. The molecule has 2 aromatic carbocycles. The van der Waals surface area contributed by atoms with Gasteiger partial charge in [-0.15, -0.1) is 11.3 Å². The quantitative estimate of drug-likeness (QED) is 0.368. The number of nitro benzene ring substituents is 1. The average Bonchev–Trinajstić information content (AvgIpc) is 3.28. The van der Waals surface area contributed by atoms with Crippen LogP contribution in [-0.2, 0) is 0 Å². The number of fused-ring (bicyclic) bond motifs is 1. The molecule has 2 heterocycles. The summed E-state index contributed by atoms with van der Waals surface area (Å²) in [4.78, 5) is 30.4. The highest BCUT2D eigenvalue weighted by atomic mass is 35.5. The number of benzene rings is 2. The van der Waals surface area contributed by atoms with Gasteiger partial charge in [-0.25, -0.2) is 4.98 Å². The Morgan fingerprint density at radius 2 is 2.07 bits per heavy atom. The van der Waals surface area contributed by atoms with Gasteiger partial charge in [0.1, 0.15) is 0 Å². The molecule has 0 saturated carbocycles. The van der Waals surface area contributed by atoms with Gasteiger partial charge >= 0.3 is 0 Å². The van der Waals surface area contributed by atoms with Crippen molar-refractivity contribution in [2.45, 2.75) is 0 Å². The van der Waals surface area contributed by atoms with E-state index in [-0.39, 0.29) is 16.3 Å². The predicted octanol–water partition coefficient (Wildman–Crippen LogP) is 5.11. The molecule has 2 N–H and O–H groups in total. The molecular formula is C18H11ClN4O3S. The number of H-pyrrole nitrogens is 1. The Hall–Kier alpha value is -3.23. The van der Waals surface area contributed by atoms with E-state index in [4.69, 9.17) is 11.6 Å². The Kier molecular flexibility index (Phi) is 4.35. The Labute approximate surface area is 161 Å². The number of amides is 1. The topological polar surface area (TPSA) is 101 Å². The summed E-state index contributed by atoms with van der Waals surface area (Å²) >= 11 is 7.27. The second-order valence-corrected chi connectivity index (χ2v) is 6.93. The number of rotatable bonds is 4. The van der Waals surface area contributed by atoms with Gasteiger partial charge in [-0.3, -0.25) is 20.2 Å². The SMILES string of the molecule is O=C(Nc1nc(-c2c[nH]c3ccccc23)cs1)c1cc([N+](=O)[O-])ccc1Cl. The number of hydrogen-bond donors (Lipinski definition) is 2. The van der Waals surface area contributed by atoms with Crippen LogP contribution in [0.5, 0.6) is 0 Å². The highest BCUT2D eigenvalue weighted by molar-refractivity contribution is 7.14. The molecule has 0 spiro atoms. The number of nitro groups is 1. The first kappa shape index (κ1) is 17.2. The lowest BCUT2D eigenvalue weighted by molar-refractivity contribution is -0.384. The number of carbonyl (C=O) groups excluding carboxylic acids is 1. The Morgan fingerprint density at radius 1 is 1.26 bits per heavy atom. The fraction of sp³-hybridized carbons (Fsp3) is 0. The zero-order valence-electron chi connectivity index (χ0n) is 13.6. The average molecular weight is 399 g/mol. The fourth-order valence-electron chi connectivity index (χ4n) is 2.70. The van der Waals surface area contributed by atoms with Crippen molar-refractivity contribution in [1.29, 1.82) is 0 Å². The van der Waals surface area contributed by atoms with Gasteiger partial charge in [0.2, 0.25) is 0 Å². The maximum atomic E-state index is 12.5. The summed E-state index contributed by atoms with van der Waals surface area (Å²) in [5.74, 6) is -0.552. The highest BCUT2D eigenvalue weighted by Gasteiger charge is 2.18. The standard InChI is InChI=1S/C18H11ClN4O3S/c19-14-6-5-10(23(25)26)7-12(14)17(24)22-18-21-16(9-27-18)13-8-20-15-4-2-1-3-11(13)15/h1-9,20H,(H,21,22,24). The zero-order valence-corrected chi connectivity index (χ0v) is 15.2. The molecule has 1 amide bonds. The van der Waals surface area contributed by atoms with E-state index in [0.717, 1.165) is 28.2 Å². The van der Waals surface area contributed by atoms with Crippen LogP contribution in [0.25, 0.3) is 22.2 Å². The minimum absolute atomic E-state index is 0.0229. The maximum absolute atomic E-state index is 12.5. The smallest absolute Gasteiger partial charge is 0.270 e. The predicted molar refractivity (Wildman–Crippen MR) is 105 cm³/mol. The number of nitrogens with zero attached hydrogens (tertiary/aromatic N) is 2. The molecule has 134 valence electrons. The van der Waals surface area contributed by atoms with E-state index in [1.807, 2.05) is 35.8 Å². The van der Waals surface area contributed by atoms with Crippen molar-refractivity contribution in [2.75, 3.05) is 5.32 Å². The first-order valence-corrected chi connectivity index (χ1v) is 9.06. The van der Waals surface area contributed by atoms with Crippen LogP contribution in [0, 0.1) is 10.1 Å². The van der Waals surface area contributed by atoms with Crippen molar-refractivity contribution in [3.63, 3.8) is 0 Å². The number of anilines is 1. The number of thiazole rings is 1. The van der Waals surface area contributed by atoms with E-state index < -0.39 is 10.8 Å². The van der Waals surface area contributed by atoms with Gasteiger partial charge in [-0.1, -0.05) is 29.8 Å². The first-order chi connectivity index (χ1) is 13.0. The molecule has 0 saturated heterocycles. The molecule has 0 fully saturated rings. The molecule has 0 radical (unpaired) electrons. The third-order valence-corrected chi connectivity index (χ3v) is 5.08. The van der Waals surface area contributed by atoms with Gasteiger partial charge < -0.3 is 4.98 Å². The normalized spacial score (nSPS) is 10.9. The lowest BCUT2D eigenvalue weighted by Gasteiger charge is -2.04. The molecule has 4 rings (SSSR count). The minimum Gasteiger partial charge on any atom is -0.360 e. The van der Waals surface area contributed by atoms with Crippen LogP contribution < -0.4 is 5.32 Å².